The molecule has 0 aliphatic carbocycles. The first-order chi connectivity index (χ1) is 4.16. The van der Waals surface area contributed by atoms with E-state index >= 15 is 0 Å². The number of hydrogen-bond donors (Lipinski definition) is 2. The second-order valence-corrected chi connectivity index (χ2v) is 1.86. The third-order valence-electron chi connectivity index (χ3n) is 0.584. The van der Waals surface area contributed by atoms with Crippen LogP contribution in [0.5, 0.6) is 0 Å². The maximum absolute atomic E-state index is 10.4. The first-order valence-corrected chi connectivity index (χ1v) is 2.60. The number of hydrogen-bond acceptors (Lipinski definition) is 2. The molecule has 0 aliphatic rings. The SMILES string of the molecule is CC(C)NC(=O)N[C]=O. The largest absolute Gasteiger partial charge is 0.336 e. The van der Waals surface area contributed by atoms with Gasteiger partial charge in [-0.05, 0) is 13.8 Å². The predicted octanol–water partition coefficient (Wildman–Crippen LogP) is -0.239. The molecule has 3 amide bonds. The van der Waals surface area contributed by atoms with Gasteiger partial charge < -0.3 is 5.32 Å². The Morgan fingerprint density at radius 1 is 1.56 bits per heavy atom. The predicted molar refractivity (Wildman–Crippen MR) is 32.5 cm³/mol. The minimum Gasteiger partial charge on any atom is -0.336 e. The summed E-state index contributed by atoms with van der Waals surface area (Å²) in [5, 5.41) is 4.25. The normalized spacial score (nSPS) is 8.78. The molecule has 0 aliphatic heterocycles. The number of carbonyl (C=O) groups is 1. The van der Waals surface area contributed by atoms with Crippen LogP contribution in [0.15, 0.2) is 0 Å². The highest BCUT2D eigenvalue weighted by Gasteiger charge is 1.98. The van der Waals surface area contributed by atoms with Gasteiger partial charge in [-0.2, -0.15) is 0 Å². The monoisotopic (exact) mass is 129 g/mol. The maximum atomic E-state index is 10.4. The van der Waals surface area contributed by atoms with Crippen molar-refractivity contribution in [1.82, 2.24) is 10.6 Å². The van der Waals surface area contributed by atoms with Gasteiger partial charge >= 0.3 is 12.4 Å². The Morgan fingerprint density at radius 3 is 2.44 bits per heavy atom. The van der Waals surface area contributed by atoms with Gasteiger partial charge in [-0.25, -0.2) is 4.79 Å². The van der Waals surface area contributed by atoms with Gasteiger partial charge in [0.25, 0.3) is 0 Å². The van der Waals surface area contributed by atoms with E-state index in [0.717, 1.165) is 0 Å². The van der Waals surface area contributed by atoms with Crippen molar-refractivity contribution in [3.8, 4) is 0 Å². The van der Waals surface area contributed by atoms with E-state index in [1.807, 2.05) is 5.32 Å². The molecule has 0 saturated carbocycles. The van der Waals surface area contributed by atoms with Crippen LogP contribution in [0, 0.1) is 0 Å². The Morgan fingerprint density at radius 2 is 2.11 bits per heavy atom. The van der Waals surface area contributed by atoms with Gasteiger partial charge in [0, 0.05) is 6.04 Å². The van der Waals surface area contributed by atoms with Gasteiger partial charge in [0.2, 0.25) is 0 Å². The van der Waals surface area contributed by atoms with Crippen LogP contribution in [0.1, 0.15) is 13.8 Å². The number of urea groups is 1. The lowest BCUT2D eigenvalue weighted by molar-refractivity contribution is 0.242. The first-order valence-electron chi connectivity index (χ1n) is 2.60. The fourth-order valence-electron chi connectivity index (χ4n) is 0.345. The topological polar surface area (TPSA) is 58.2 Å². The van der Waals surface area contributed by atoms with E-state index in [4.69, 9.17) is 0 Å². The van der Waals surface area contributed by atoms with Crippen LogP contribution in [-0.2, 0) is 4.79 Å². The molecule has 0 spiro atoms. The molecule has 0 aromatic carbocycles. The smallest absolute Gasteiger partial charge is 0.322 e. The molecule has 4 nitrogen and oxygen atoms in total. The molecule has 0 rings (SSSR count). The van der Waals surface area contributed by atoms with Crippen LogP contribution < -0.4 is 10.6 Å². The summed E-state index contributed by atoms with van der Waals surface area (Å²) in [7, 11) is 0. The highest BCUT2D eigenvalue weighted by molar-refractivity contribution is 5.84. The molecule has 0 saturated heterocycles. The van der Waals surface area contributed by atoms with Gasteiger partial charge in [0.1, 0.15) is 0 Å². The average Bonchev–Trinajstić information content (AvgIpc) is 1.63. The molecule has 0 unspecified atom stereocenters. The highest BCUT2D eigenvalue weighted by atomic mass is 16.2. The van der Waals surface area contributed by atoms with Gasteiger partial charge in [-0.1, -0.05) is 0 Å². The van der Waals surface area contributed by atoms with Crippen molar-refractivity contribution < 1.29 is 9.59 Å². The molecule has 0 bridgehead atoms. The van der Waals surface area contributed by atoms with Crippen LogP contribution in [0.4, 0.5) is 4.79 Å². The van der Waals surface area contributed by atoms with Crippen molar-refractivity contribution in [2.75, 3.05) is 0 Å². The van der Waals surface area contributed by atoms with Crippen LogP contribution in [0.3, 0.4) is 0 Å². The van der Waals surface area contributed by atoms with Crippen molar-refractivity contribution in [3.05, 3.63) is 0 Å². The second kappa shape index (κ2) is 3.88. The number of amides is 3. The Kier molecular flexibility index (Phi) is 3.43. The van der Waals surface area contributed by atoms with Crippen molar-refractivity contribution >= 4 is 12.4 Å². The number of imide groups is 1. The Labute approximate surface area is 53.6 Å². The van der Waals surface area contributed by atoms with Crippen LogP contribution in [-0.4, -0.2) is 18.5 Å². The lowest BCUT2D eigenvalue weighted by atomic mass is 10.4. The lowest BCUT2D eigenvalue weighted by Gasteiger charge is -2.04. The van der Waals surface area contributed by atoms with Gasteiger partial charge in [0.05, 0.1) is 0 Å². The molecule has 9 heavy (non-hydrogen) atoms. The standard InChI is InChI=1S/C5H9N2O2/c1-4(2)7-5(9)6-3-8/h4H,1-2H3,(H2,6,7,8,9). The Hall–Kier alpha value is -1.06. The second-order valence-electron chi connectivity index (χ2n) is 1.86. The molecule has 2 N–H and O–H groups in total. The van der Waals surface area contributed by atoms with Gasteiger partial charge in [-0.3, -0.25) is 10.1 Å². The lowest BCUT2D eigenvalue weighted by Crippen LogP contribution is -2.38. The van der Waals surface area contributed by atoms with Crippen molar-refractivity contribution in [1.29, 1.82) is 0 Å². The average molecular weight is 129 g/mol. The molecule has 0 aromatic rings. The zero-order valence-electron chi connectivity index (χ0n) is 5.39. The minimum absolute atomic E-state index is 0.0401. The van der Waals surface area contributed by atoms with E-state index in [9.17, 15) is 9.59 Å². The minimum atomic E-state index is -0.514. The third kappa shape index (κ3) is 4.80. The summed E-state index contributed by atoms with van der Waals surface area (Å²) >= 11 is 0. The summed E-state index contributed by atoms with van der Waals surface area (Å²) < 4.78 is 0. The molecule has 0 fully saturated rings. The van der Waals surface area contributed by atoms with E-state index in [1.54, 1.807) is 13.8 Å². The first kappa shape index (κ1) is 7.94. The molecule has 0 atom stereocenters. The Balaban J connectivity index is 3.38. The van der Waals surface area contributed by atoms with E-state index in [0.29, 0.717) is 0 Å². The van der Waals surface area contributed by atoms with Crippen LogP contribution in [0.2, 0.25) is 0 Å². The maximum Gasteiger partial charge on any atom is 0.322 e. The third-order valence-corrected chi connectivity index (χ3v) is 0.584. The molecule has 1 radical (unpaired) electrons. The highest BCUT2D eigenvalue weighted by Crippen LogP contribution is 1.73. The van der Waals surface area contributed by atoms with E-state index in [1.165, 1.54) is 6.41 Å². The molecule has 4 heteroatoms. The summed E-state index contributed by atoms with van der Waals surface area (Å²) in [5.41, 5.74) is 0. The quantitative estimate of drug-likeness (QED) is 0.505. The molecular formula is C5H9N2O2. The summed E-state index contributed by atoms with van der Waals surface area (Å²) in [5.74, 6) is 0. The fraction of sp³-hybridized carbons (Fsp3) is 0.600. The summed E-state index contributed by atoms with van der Waals surface area (Å²) in [6, 6.07) is -0.474. The number of carbonyl (C=O) groups excluding carboxylic acids is 2. The summed E-state index contributed by atoms with van der Waals surface area (Å²) in [6.45, 7) is 3.59. The van der Waals surface area contributed by atoms with Crippen molar-refractivity contribution in [3.63, 3.8) is 0 Å². The number of nitrogens with one attached hydrogen (secondary N) is 2. The summed E-state index contributed by atoms with van der Waals surface area (Å²) in [4.78, 5) is 19.9. The zero-order valence-corrected chi connectivity index (χ0v) is 5.39. The van der Waals surface area contributed by atoms with Gasteiger partial charge in [-0.15, -0.1) is 0 Å². The Bertz CT molecular complexity index is 112. The van der Waals surface area contributed by atoms with Crippen molar-refractivity contribution in [2.24, 2.45) is 0 Å². The summed E-state index contributed by atoms with van der Waals surface area (Å²) in [6.07, 6.45) is 1.26. The zero-order chi connectivity index (χ0) is 7.28. The van der Waals surface area contributed by atoms with Crippen LogP contribution in [0.25, 0.3) is 0 Å². The van der Waals surface area contributed by atoms with E-state index in [2.05, 4.69) is 5.32 Å². The number of rotatable bonds is 2. The molecule has 0 aromatic heterocycles. The molecule has 0 heterocycles. The van der Waals surface area contributed by atoms with Crippen LogP contribution >= 0.6 is 0 Å². The van der Waals surface area contributed by atoms with Crippen molar-refractivity contribution in [2.45, 2.75) is 19.9 Å². The molecular weight excluding hydrogens is 120 g/mol. The van der Waals surface area contributed by atoms with Gasteiger partial charge in [0.15, 0.2) is 0 Å². The van der Waals surface area contributed by atoms with E-state index in [-0.39, 0.29) is 6.04 Å². The fourth-order valence-corrected chi connectivity index (χ4v) is 0.345. The van der Waals surface area contributed by atoms with E-state index < -0.39 is 6.03 Å². The molecule has 51 valence electrons.